The summed E-state index contributed by atoms with van der Waals surface area (Å²) in [5, 5.41) is 0. The van der Waals surface area contributed by atoms with Gasteiger partial charge in [0.1, 0.15) is 5.82 Å². The number of rotatable bonds is 7. The van der Waals surface area contributed by atoms with Gasteiger partial charge in [0.25, 0.3) is 5.91 Å². The Morgan fingerprint density at radius 1 is 1.07 bits per heavy atom. The fourth-order valence-corrected chi connectivity index (χ4v) is 4.18. The van der Waals surface area contributed by atoms with E-state index in [2.05, 4.69) is 6.92 Å². The number of carbonyl (C=O) groups is 2. The van der Waals surface area contributed by atoms with Crippen LogP contribution in [0, 0.1) is 5.82 Å². The van der Waals surface area contributed by atoms with Crippen molar-refractivity contribution in [1.29, 1.82) is 0 Å². The summed E-state index contributed by atoms with van der Waals surface area (Å²) < 4.78 is 13.2. The summed E-state index contributed by atoms with van der Waals surface area (Å²) >= 11 is 0. The molecule has 0 aromatic heterocycles. The van der Waals surface area contributed by atoms with E-state index in [0.29, 0.717) is 25.1 Å². The summed E-state index contributed by atoms with van der Waals surface area (Å²) in [4.78, 5) is 29.7. The first-order valence-corrected chi connectivity index (χ1v) is 10.9. The van der Waals surface area contributed by atoms with E-state index in [9.17, 15) is 14.0 Å². The molecule has 1 fully saturated rings. The highest BCUT2D eigenvalue weighted by Gasteiger charge is 2.30. The summed E-state index contributed by atoms with van der Waals surface area (Å²) in [7, 11) is 0. The smallest absolute Gasteiger partial charge is 0.253 e. The predicted octanol–water partition coefficient (Wildman–Crippen LogP) is 4.86. The lowest BCUT2D eigenvalue weighted by molar-refractivity contribution is -0.134. The summed E-state index contributed by atoms with van der Waals surface area (Å²) in [6.07, 6.45) is 2.92. The minimum atomic E-state index is -0.262. The Kier molecular flexibility index (Phi) is 7.61. The van der Waals surface area contributed by atoms with Gasteiger partial charge in [-0.15, -0.1) is 0 Å². The number of piperidine rings is 1. The molecule has 2 aromatic carbocycles. The average Bonchev–Trinajstić information content (AvgIpc) is 2.78. The molecule has 0 spiro atoms. The van der Waals surface area contributed by atoms with Gasteiger partial charge in [-0.05, 0) is 55.0 Å². The first-order valence-electron chi connectivity index (χ1n) is 10.9. The van der Waals surface area contributed by atoms with Crippen LogP contribution in [0.2, 0.25) is 0 Å². The molecule has 1 atom stereocenters. The van der Waals surface area contributed by atoms with Crippen molar-refractivity contribution in [3.63, 3.8) is 0 Å². The zero-order valence-corrected chi connectivity index (χ0v) is 17.9. The first kappa shape index (κ1) is 22.0. The lowest BCUT2D eigenvalue weighted by Crippen LogP contribution is -2.49. The van der Waals surface area contributed by atoms with E-state index in [1.54, 1.807) is 12.1 Å². The number of amides is 2. The van der Waals surface area contributed by atoms with E-state index in [4.69, 9.17) is 0 Å². The van der Waals surface area contributed by atoms with Crippen molar-refractivity contribution >= 4 is 11.8 Å². The van der Waals surface area contributed by atoms with Crippen LogP contribution in [0.4, 0.5) is 4.39 Å². The van der Waals surface area contributed by atoms with Crippen molar-refractivity contribution in [3.8, 4) is 0 Å². The first-order chi connectivity index (χ1) is 14.5. The lowest BCUT2D eigenvalue weighted by Gasteiger charge is -2.39. The highest BCUT2D eigenvalue weighted by atomic mass is 19.1. The van der Waals surface area contributed by atoms with Gasteiger partial charge in [0.2, 0.25) is 5.91 Å². The van der Waals surface area contributed by atoms with Gasteiger partial charge in [0.05, 0.1) is 0 Å². The second kappa shape index (κ2) is 10.4. The maximum Gasteiger partial charge on any atom is 0.253 e. The summed E-state index contributed by atoms with van der Waals surface area (Å²) in [5.41, 5.74) is 1.69. The summed E-state index contributed by atoms with van der Waals surface area (Å²) in [6.45, 7) is 6.15. The highest BCUT2D eigenvalue weighted by Crippen LogP contribution is 2.24. The molecule has 1 heterocycles. The van der Waals surface area contributed by atoms with Gasteiger partial charge in [0, 0.05) is 37.7 Å². The quantitative estimate of drug-likeness (QED) is 0.654. The SMILES string of the molecule is CCCN(C(=O)CC(C)c1ccc(F)cc1)C1CCN(C(=O)c2ccccc2)CC1. The van der Waals surface area contributed by atoms with Gasteiger partial charge in [-0.2, -0.15) is 0 Å². The number of carbonyl (C=O) groups excluding carboxylic acids is 2. The Labute approximate surface area is 178 Å². The number of likely N-dealkylation sites (tertiary alicyclic amines) is 1. The molecule has 2 aromatic rings. The largest absolute Gasteiger partial charge is 0.340 e. The maximum atomic E-state index is 13.2. The predicted molar refractivity (Wildman–Crippen MR) is 117 cm³/mol. The third-order valence-corrected chi connectivity index (χ3v) is 5.92. The molecule has 5 heteroatoms. The van der Waals surface area contributed by atoms with Gasteiger partial charge in [0.15, 0.2) is 0 Å². The Bertz CT molecular complexity index is 830. The molecule has 30 heavy (non-hydrogen) atoms. The molecular formula is C25H31FN2O2. The topological polar surface area (TPSA) is 40.6 Å². The molecule has 0 bridgehead atoms. The molecule has 2 amide bonds. The van der Waals surface area contributed by atoms with Crippen LogP contribution in [0.3, 0.4) is 0 Å². The summed E-state index contributed by atoms with van der Waals surface area (Å²) in [6, 6.07) is 15.9. The normalized spacial score (nSPS) is 15.6. The second-order valence-corrected chi connectivity index (χ2v) is 8.13. The molecule has 1 aliphatic rings. The van der Waals surface area contributed by atoms with Crippen molar-refractivity contribution in [2.75, 3.05) is 19.6 Å². The van der Waals surface area contributed by atoms with Gasteiger partial charge >= 0.3 is 0 Å². The second-order valence-electron chi connectivity index (χ2n) is 8.13. The van der Waals surface area contributed by atoms with Gasteiger partial charge < -0.3 is 9.80 Å². The average molecular weight is 411 g/mol. The van der Waals surface area contributed by atoms with Crippen LogP contribution in [0.15, 0.2) is 54.6 Å². The fourth-order valence-electron chi connectivity index (χ4n) is 4.18. The van der Waals surface area contributed by atoms with Crippen molar-refractivity contribution < 1.29 is 14.0 Å². The molecule has 0 N–H and O–H groups in total. The van der Waals surface area contributed by atoms with Crippen molar-refractivity contribution in [1.82, 2.24) is 9.80 Å². The molecule has 1 aliphatic heterocycles. The molecule has 4 nitrogen and oxygen atoms in total. The third kappa shape index (κ3) is 5.47. The summed E-state index contributed by atoms with van der Waals surface area (Å²) in [5.74, 6) is -0.0206. The van der Waals surface area contributed by atoms with E-state index in [-0.39, 0.29) is 29.6 Å². The van der Waals surface area contributed by atoms with Gasteiger partial charge in [-0.3, -0.25) is 9.59 Å². The van der Waals surface area contributed by atoms with Crippen LogP contribution in [0.25, 0.3) is 0 Å². The van der Waals surface area contributed by atoms with Crippen molar-refractivity contribution in [2.45, 2.75) is 51.5 Å². The van der Waals surface area contributed by atoms with Gasteiger partial charge in [-0.1, -0.05) is 44.2 Å². The molecular weight excluding hydrogens is 379 g/mol. The monoisotopic (exact) mass is 410 g/mol. The standard InChI is InChI=1S/C25H31FN2O2/c1-3-15-28(24(29)18-19(2)20-9-11-22(26)12-10-20)23-13-16-27(17-14-23)25(30)21-7-5-4-6-8-21/h4-12,19,23H,3,13-18H2,1-2H3. The van der Waals surface area contributed by atoms with Crippen LogP contribution in [0.1, 0.15) is 61.4 Å². The maximum absolute atomic E-state index is 13.2. The number of halogens is 1. The van der Waals surface area contributed by atoms with Crippen LogP contribution in [-0.4, -0.2) is 47.3 Å². The number of hydrogen-bond acceptors (Lipinski definition) is 2. The van der Waals surface area contributed by atoms with E-state index in [0.717, 1.165) is 31.4 Å². The molecule has 3 rings (SSSR count). The Morgan fingerprint density at radius 2 is 1.70 bits per heavy atom. The number of nitrogens with zero attached hydrogens (tertiary/aromatic N) is 2. The molecule has 0 saturated carbocycles. The number of benzene rings is 2. The minimum absolute atomic E-state index is 0.0391. The number of hydrogen-bond donors (Lipinski definition) is 0. The molecule has 1 unspecified atom stereocenters. The zero-order valence-electron chi connectivity index (χ0n) is 17.9. The van der Waals surface area contributed by atoms with Crippen molar-refractivity contribution in [2.24, 2.45) is 0 Å². The molecule has 0 aliphatic carbocycles. The molecule has 160 valence electrons. The van der Waals surface area contributed by atoms with Crippen molar-refractivity contribution in [3.05, 3.63) is 71.5 Å². The third-order valence-electron chi connectivity index (χ3n) is 5.92. The van der Waals surface area contributed by atoms with Gasteiger partial charge in [-0.25, -0.2) is 4.39 Å². The zero-order chi connectivity index (χ0) is 21.5. The van der Waals surface area contributed by atoms with E-state index in [1.165, 1.54) is 12.1 Å². The minimum Gasteiger partial charge on any atom is -0.340 e. The lowest BCUT2D eigenvalue weighted by atomic mass is 9.95. The van der Waals surface area contributed by atoms with E-state index < -0.39 is 0 Å². The van der Waals surface area contributed by atoms with E-state index >= 15 is 0 Å². The highest BCUT2D eigenvalue weighted by molar-refractivity contribution is 5.94. The fraction of sp³-hybridized carbons (Fsp3) is 0.440. The van der Waals surface area contributed by atoms with Crippen LogP contribution in [-0.2, 0) is 4.79 Å². The Morgan fingerprint density at radius 3 is 2.30 bits per heavy atom. The molecule has 1 saturated heterocycles. The molecule has 0 radical (unpaired) electrons. The Balaban J connectivity index is 1.59. The van der Waals surface area contributed by atoms with Crippen LogP contribution in [0.5, 0.6) is 0 Å². The van der Waals surface area contributed by atoms with E-state index in [1.807, 2.05) is 47.1 Å². The van der Waals surface area contributed by atoms with Crippen LogP contribution < -0.4 is 0 Å². The Hall–Kier alpha value is -2.69. The van der Waals surface area contributed by atoms with Crippen LogP contribution >= 0.6 is 0 Å².